The van der Waals surface area contributed by atoms with Crippen LogP contribution in [-0.4, -0.2) is 9.78 Å². The molecule has 0 radical (unpaired) electrons. The summed E-state index contributed by atoms with van der Waals surface area (Å²) in [6, 6.07) is 5.26. The molecule has 21 heavy (non-hydrogen) atoms. The summed E-state index contributed by atoms with van der Waals surface area (Å²) in [5.41, 5.74) is 0.476. The molecule has 1 aromatic carbocycles. The van der Waals surface area contributed by atoms with Crippen LogP contribution in [0.1, 0.15) is 24.6 Å². The number of rotatable bonds is 5. The van der Waals surface area contributed by atoms with E-state index in [1.165, 1.54) is 6.07 Å². The van der Waals surface area contributed by atoms with Gasteiger partial charge < -0.3 is 5.32 Å². The van der Waals surface area contributed by atoms with Crippen LogP contribution < -0.4 is 5.32 Å². The van der Waals surface area contributed by atoms with E-state index < -0.39 is 11.7 Å². The second kappa shape index (κ2) is 6.39. The van der Waals surface area contributed by atoms with Gasteiger partial charge in [-0.15, -0.1) is 0 Å². The second-order valence-corrected chi connectivity index (χ2v) is 5.06. The molecule has 0 bridgehead atoms. The number of anilines is 1. The minimum atomic E-state index is -4.41. The first kappa shape index (κ1) is 15.7. The van der Waals surface area contributed by atoms with Gasteiger partial charge in [0.25, 0.3) is 0 Å². The summed E-state index contributed by atoms with van der Waals surface area (Å²) >= 11 is 5.74. The number of hydrogen-bond donors (Lipinski definition) is 1. The lowest BCUT2D eigenvalue weighted by Gasteiger charge is -2.12. The van der Waals surface area contributed by atoms with E-state index in [4.69, 9.17) is 11.6 Å². The smallest absolute Gasteiger partial charge is 0.379 e. The van der Waals surface area contributed by atoms with Gasteiger partial charge in [0.2, 0.25) is 0 Å². The Labute approximate surface area is 125 Å². The molecule has 114 valence electrons. The fraction of sp³-hybridized carbons (Fsp3) is 0.357. The Bertz CT molecular complexity index is 608. The highest BCUT2D eigenvalue weighted by atomic mass is 35.5. The average Bonchev–Trinajstić information content (AvgIpc) is 2.83. The van der Waals surface area contributed by atoms with Gasteiger partial charge in [0, 0.05) is 23.5 Å². The largest absolute Gasteiger partial charge is 0.416 e. The van der Waals surface area contributed by atoms with Crippen LogP contribution in [0.2, 0.25) is 5.02 Å². The Hall–Kier alpha value is -1.69. The number of benzene rings is 1. The molecule has 7 heteroatoms. The van der Waals surface area contributed by atoms with Gasteiger partial charge in [0.1, 0.15) is 0 Å². The van der Waals surface area contributed by atoms with E-state index in [1.807, 2.05) is 17.7 Å². The van der Waals surface area contributed by atoms with Crippen molar-refractivity contribution in [2.24, 2.45) is 0 Å². The molecule has 3 nitrogen and oxygen atoms in total. The SMILES string of the molecule is CCCn1nccc1CNc1cc(Cl)cc(C(F)(F)F)c1. The molecule has 0 aliphatic carbocycles. The normalized spacial score (nSPS) is 11.7. The highest BCUT2D eigenvalue weighted by Gasteiger charge is 2.31. The van der Waals surface area contributed by atoms with E-state index in [9.17, 15) is 13.2 Å². The van der Waals surface area contributed by atoms with E-state index >= 15 is 0 Å². The van der Waals surface area contributed by atoms with Gasteiger partial charge in [0.15, 0.2) is 0 Å². The third kappa shape index (κ3) is 4.14. The molecule has 0 amide bonds. The third-order valence-electron chi connectivity index (χ3n) is 2.94. The van der Waals surface area contributed by atoms with Gasteiger partial charge in [-0.25, -0.2) is 0 Å². The molecule has 0 unspecified atom stereocenters. The van der Waals surface area contributed by atoms with Crippen LogP contribution in [0.15, 0.2) is 30.5 Å². The number of halogens is 4. The standard InChI is InChI=1S/C14H15ClF3N3/c1-2-5-21-13(3-4-20-21)9-19-12-7-10(14(16,17)18)6-11(15)8-12/h3-4,6-8,19H,2,5,9H2,1H3. The van der Waals surface area contributed by atoms with Gasteiger partial charge in [-0.05, 0) is 30.7 Å². The van der Waals surface area contributed by atoms with Gasteiger partial charge in [0.05, 0.1) is 17.8 Å². The molecule has 1 N–H and O–H groups in total. The predicted octanol–water partition coefficient (Wildman–Crippen LogP) is 4.58. The summed E-state index contributed by atoms with van der Waals surface area (Å²) in [5, 5.41) is 7.17. The lowest BCUT2D eigenvalue weighted by Crippen LogP contribution is -2.10. The van der Waals surface area contributed by atoms with Crippen LogP contribution in [0.4, 0.5) is 18.9 Å². The van der Waals surface area contributed by atoms with Crippen LogP contribution in [0, 0.1) is 0 Å². The van der Waals surface area contributed by atoms with Crippen molar-refractivity contribution < 1.29 is 13.2 Å². The Morgan fingerprint density at radius 1 is 1.29 bits per heavy atom. The van der Waals surface area contributed by atoms with Crippen molar-refractivity contribution in [1.29, 1.82) is 0 Å². The van der Waals surface area contributed by atoms with Gasteiger partial charge in [-0.3, -0.25) is 4.68 Å². The number of nitrogens with one attached hydrogen (secondary N) is 1. The van der Waals surface area contributed by atoms with Crippen molar-refractivity contribution in [3.8, 4) is 0 Å². The minimum absolute atomic E-state index is 0.0504. The van der Waals surface area contributed by atoms with Gasteiger partial charge >= 0.3 is 6.18 Å². The number of alkyl halides is 3. The van der Waals surface area contributed by atoms with Crippen molar-refractivity contribution in [3.05, 3.63) is 46.7 Å². The first-order valence-electron chi connectivity index (χ1n) is 6.52. The number of hydrogen-bond acceptors (Lipinski definition) is 2. The maximum Gasteiger partial charge on any atom is 0.416 e. The quantitative estimate of drug-likeness (QED) is 0.875. The van der Waals surface area contributed by atoms with Crippen molar-refractivity contribution in [2.75, 3.05) is 5.32 Å². The van der Waals surface area contributed by atoms with Gasteiger partial charge in [-0.1, -0.05) is 18.5 Å². The van der Waals surface area contributed by atoms with Crippen molar-refractivity contribution >= 4 is 17.3 Å². The van der Waals surface area contributed by atoms with E-state index in [0.717, 1.165) is 30.8 Å². The van der Waals surface area contributed by atoms with E-state index in [1.54, 1.807) is 6.20 Å². The molecule has 0 saturated heterocycles. The zero-order valence-corrected chi connectivity index (χ0v) is 12.2. The Balaban J connectivity index is 2.13. The van der Waals surface area contributed by atoms with Crippen LogP contribution >= 0.6 is 11.6 Å². The average molecular weight is 318 g/mol. The molecule has 1 aromatic heterocycles. The summed E-state index contributed by atoms with van der Waals surface area (Å²) < 4.78 is 40.0. The molecular formula is C14H15ClF3N3. The third-order valence-corrected chi connectivity index (χ3v) is 3.16. The summed E-state index contributed by atoms with van der Waals surface area (Å²) in [6.07, 6.45) is -1.80. The summed E-state index contributed by atoms with van der Waals surface area (Å²) in [4.78, 5) is 0. The zero-order chi connectivity index (χ0) is 15.5. The van der Waals surface area contributed by atoms with Crippen molar-refractivity contribution in [1.82, 2.24) is 9.78 Å². The fourth-order valence-corrected chi connectivity index (χ4v) is 2.21. The van der Waals surface area contributed by atoms with Crippen LogP contribution in [0.25, 0.3) is 0 Å². The van der Waals surface area contributed by atoms with Crippen molar-refractivity contribution in [2.45, 2.75) is 32.6 Å². The lowest BCUT2D eigenvalue weighted by atomic mass is 10.2. The van der Waals surface area contributed by atoms with Crippen LogP contribution in [0.5, 0.6) is 0 Å². The topological polar surface area (TPSA) is 29.9 Å². The van der Waals surface area contributed by atoms with E-state index in [0.29, 0.717) is 12.2 Å². The molecule has 0 atom stereocenters. The Morgan fingerprint density at radius 3 is 2.71 bits per heavy atom. The first-order chi connectivity index (χ1) is 9.90. The summed E-state index contributed by atoms with van der Waals surface area (Å²) in [6.45, 7) is 3.19. The summed E-state index contributed by atoms with van der Waals surface area (Å²) in [7, 11) is 0. The van der Waals surface area contributed by atoms with Crippen LogP contribution in [0.3, 0.4) is 0 Å². The number of aryl methyl sites for hydroxylation is 1. The van der Waals surface area contributed by atoms with E-state index in [-0.39, 0.29) is 5.02 Å². The monoisotopic (exact) mass is 317 g/mol. The predicted molar refractivity (Wildman–Crippen MR) is 76.3 cm³/mol. The molecule has 0 fully saturated rings. The molecule has 0 aliphatic rings. The zero-order valence-electron chi connectivity index (χ0n) is 11.4. The highest BCUT2D eigenvalue weighted by Crippen LogP contribution is 2.33. The summed E-state index contributed by atoms with van der Waals surface area (Å²) in [5.74, 6) is 0. The fourth-order valence-electron chi connectivity index (χ4n) is 1.97. The molecule has 0 aliphatic heterocycles. The number of aromatic nitrogens is 2. The maximum absolute atomic E-state index is 12.7. The molecule has 0 spiro atoms. The molecule has 2 rings (SSSR count). The molecule has 2 aromatic rings. The second-order valence-electron chi connectivity index (χ2n) is 4.63. The van der Waals surface area contributed by atoms with Crippen molar-refractivity contribution in [3.63, 3.8) is 0 Å². The van der Waals surface area contributed by atoms with Crippen LogP contribution in [-0.2, 0) is 19.3 Å². The number of nitrogens with zero attached hydrogens (tertiary/aromatic N) is 2. The molecular weight excluding hydrogens is 303 g/mol. The Kier molecular flexibility index (Phi) is 4.77. The first-order valence-corrected chi connectivity index (χ1v) is 6.90. The lowest BCUT2D eigenvalue weighted by molar-refractivity contribution is -0.137. The molecule has 0 saturated carbocycles. The van der Waals surface area contributed by atoms with Gasteiger partial charge in [-0.2, -0.15) is 18.3 Å². The Morgan fingerprint density at radius 2 is 2.05 bits per heavy atom. The maximum atomic E-state index is 12.7. The van der Waals surface area contributed by atoms with E-state index in [2.05, 4.69) is 10.4 Å². The minimum Gasteiger partial charge on any atom is -0.379 e. The highest BCUT2D eigenvalue weighted by molar-refractivity contribution is 6.30. The molecule has 1 heterocycles.